The van der Waals surface area contributed by atoms with Gasteiger partial charge in [0.25, 0.3) is 0 Å². The van der Waals surface area contributed by atoms with Crippen LogP contribution in [0.5, 0.6) is 0 Å². The van der Waals surface area contributed by atoms with Crippen LogP contribution in [0.4, 0.5) is 0 Å². The van der Waals surface area contributed by atoms with E-state index in [1.54, 1.807) is 0 Å². The van der Waals surface area contributed by atoms with Crippen LogP contribution in [-0.4, -0.2) is 48.2 Å². The lowest BCUT2D eigenvalue weighted by molar-refractivity contribution is 0.227. The van der Waals surface area contributed by atoms with E-state index >= 15 is 0 Å². The third-order valence-electron chi connectivity index (χ3n) is 3.01. The Labute approximate surface area is 97.7 Å². The number of nitrogens with one attached hydrogen (secondary N) is 1. The fourth-order valence-electron chi connectivity index (χ4n) is 2.08. The number of nitrogens with zero attached hydrogens (tertiary/aromatic N) is 2. The lowest BCUT2D eigenvalue weighted by Crippen LogP contribution is -2.39. The highest BCUT2D eigenvalue weighted by molar-refractivity contribution is 5.80. The van der Waals surface area contributed by atoms with Crippen molar-refractivity contribution in [3.63, 3.8) is 0 Å². The third kappa shape index (κ3) is 5.32. The van der Waals surface area contributed by atoms with E-state index in [0.29, 0.717) is 6.42 Å². The molecule has 0 bridgehead atoms. The van der Waals surface area contributed by atoms with Gasteiger partial charge in [0.1, 0.15) is 5.84 Å². The molecule has 94 valence electrons. The van der Waals surface area contributed by atoms with E-state index in [1.165, 1.54) is 32.4 Å². The van der Waals surface area contributed by atoms with Gasteiger partial charge in [-0.25, -0.2) is 0 Å². The van der Waals surface area contributed by atoms with Gasteiger partial charge in [0.2, 0.25) is 0 Å². The molecule has 4 N–H and O–H groups in total. The molecule has 16 heavy (non-hydrogen) atoms. The Morgan fingerprint density at radius 1 is 1.44 bits per heavy atom. The third-order valence-corrected chi connectivity index (χ3v) is 3.01. The number of rotatable bonds is 6. The van der Waals surface area contributed by atoms with Gasteiger partial charge >= 0.3 is 0 Å². The molecule has 0 amide bonds. The summed E-state index contributed by atoms with van der Waals surface area (Å²) in [6.07, 6.45) is 4.64. The second kappa shape index (κ2) is 7.46. The van der Waals surface area contributed by atoms with E-state index in [2.05, 4.69) is 15.4 Å². The van der Waals surface area contributed by atoms with Crippen LogP contribution in [0.25, 0.3) is 0 Å². The largest absolute Gasteiger partial charge is 0.409 e. The summed E-state index contributed by atoms with van der Waals surface area (Å²) in [5, 5.41) is 14.8. The van der Waals surface area contributed by atoms with E-state index in [1.807, 2.05) is 6.92 Å². The quantitative estimate of drug-likeness (QED) is 0.269. The summed E-state index contributed by atoms with van der Waals surface area (Å²) in [4.78, 5) is 2.49. The van der Waals surface area contributed by atoms with Crippen molar-refractivity contribution in [3.8, 4) is 0 Å². The second-order valence-corrected chi connectivity index (χ2v) is 4.55. The zero-order valence-corrected chi connectivity index (χ0v) is 10.2. The molecule has 1 heterocycles. The molecule has 0 saturated carbocycles. The lowest BCUT2D eigenvalue weighted by atomic mass is 10.1. The van der Waals surface area contributed by atoms with Crippen molar-refractivity contribution in [3.05, 3.63) is 0 Å². The van der Waals surface area contributed by atoms with Gasteiger partial charge in [0.05, 0.1) is 0 Å². The zero-order chi connectivity index (χ0) is 11.8. The van der Waals surface area contributed by atoms with Gasteiger partial charge in [-0.15, -0.1) is 0 Å². The SMILES string of the molecule is CC(CC(N)=NO)NCCN1CCCCC1. The van der Waals surface area contributed by atoms with Gasteiger partial charge in [-0.05, 0) is 32.9 Å². The van der Waals surface area contributed by atoms with Crippen LogP contribution < -0.4 is 11.1 Å². The summed E-state index contributed by atoms with van der Waals surface area (Å²) in [7, 11) is 0. The molecular formula is C11H24N4O. The molecule has 0 aliphatic carbocycles. The fourth-order valence-corrected chi connectivity index (χ4v) is 2.08. The summed E-state index contributed by atoms with van der Waals surface area (Å²) in [5.41, 5.74) is 5.44. The molecule has 1 atom stereocenters. The minimum Gasteiger partial charge on any atom is -0.409 e. The Kier molecular flexibility index (Phi) is 6.18. The standard InChI is InChI=1S/C11H24N4O/c1-10(9-11(12)14-16)13-5-8-15-6-3-2-4-7-15/h10,13,16H,2-9H2,1H3,(H2,12,14). The van der Waals surface area contributed by atoms with Crippen molar-refractivity contribution in [2.45, 2.75) is 38.6 Å². The van der Waals surface area contributed by atoms with Crippen LogP contribution in [-0.2, 0) is 0 Å². The Hall–Kier alpha value is -0.810. The first-order valence-electron chi connectivity index (χ1n) is 6.14. The van der Waals surface area contributed by atoms with E-state index < -0.39 is 0 Å². The lowest BCUT2D eigenvalue weighted by Gasteiger charge is -2.27. The normalized spacial score (nSPS) is 20.9. The molecule has 0 aromatic carbocycles. The van der Waals surface area contributed by atoms with Gasteiger partial charge in [0.15, 0.2) is 0 Å². The predicted molar refractivity (Wildman–Crippen MR) is 65.8 cm³/mol. The van der Waals surface area contributed by atoms with E-state index in [4.69, 9.17) is 10.9 Å². The maximum atomic E-state index is 8.44. The summed E-state index contributed by atoms with van der Waals surface area (Å²) < 4.78 is 0. The predicted octanol–water partition coefficient (Wildman–Crippen LogP) is 0.587. The molecule has 0 aromatic heterocycles. The molecule has 1 unspecified atom stereocenters. The Bertz CT molecular complexity index is 214. The van der Waals surface area contributed by atoms with Crippen molar-refractivity contribution in [1.82, 2.24) is 10.2 Å². The summed E-state index contributed by atoms with van der Waals surface area (Å²) in [6.45, 7) is 6.58. The van der Waals surface area contributed by atoms with E-state index in [-0.39, 0.29) is 11.9 Å². The van der Waals surface area contributed by atoms with Crippen LogP contribution in [0.3, 0.4) is 0 Å². The van der Waals surface area contributed by atoms with Crippen LogP contribution in [0.15, 0.2) is 5.16 Å². The number of likely N-dealkylation sites (tertiary alicyclic amines) is 1. The average Bonchev–Trinajstić information content (AvgIpc) is 2.30. The van der Waals surface area contributed by atoms with Crippen molar-refractivity contribution in [2.75, 3.05) is 26.2 Å². The fraction of sp³-hybridized carbons (Fsp3) is 0.909. The van der Waals surface area contributed by atoms with Crippen LogP contribution in [0.1, 0.15) is 32.6 Å². The van der Waals surface area contributed by atoms with Crippen LogP contribution >= 0.6 is 0 Å². The summed E-state index contributed by atoms with van der Waals surface area (Å²) in [6, 6.07) is 0.265. The maximum Gasteiger partial charge on any atom is 0.140 e. The van der Waals surface area contributed by atoms with Crippen molar-refractivity contribution < 1.29 is 5.21 Å². The number of hydrogen-bond acceptors (Lipinski definition) is 4. The Morgan fingerprint density at radius 2 is 2.12 bits per heavy atom. The molecule has 0 radical (unpaired) electrons. The Morgan fingerprint density at radius 3 is 2.75 bits per heavy atom. The number of oxime groups is 1. The first kappa shape index (κ1) is 13.3. The van der Waals surface area contributed by atoms with Gasteiger partial charge < -0.3 is 21.2 Å². The molecule has 1 fully saturated rings. The number of nitrogens with two attached hydrogens (primary N) is 1. The molecule has 5 heteroatoms. The van der Waals surface area contributed by atoms with Crippen LogP contribution in [0, 0.1) is 0 Å². The molecule has 1 rings (SSSR count). The molecule has 1 aliphatic heterocycles. The molecule has 0 spiro atoms. The van der Waals surface area contributed by atoms with Gasteiger partial charge in [0, 0.05) is 25.6 Å². The van der Waals surface area contributed by atoms with Gasteiger partial charge in [-0.3, -0.25) is 0 Å². The monoisotopic (exact) mass is 228 g/mol. The smallest absolute Gasteiger partial charge is 0.140 e. The highest BCUT2D eigenvalue weighted by Crippen LogP contribution is 2.07. The summed E-state index contributed by atoms with van der Waals surface area (Å²) in [5.74, 6) is 0.290. The topological polar surface area (TPSA) is 73.9 Å². The summed E-state index contributed by atoms with van der Waals surface area (Å²) >= 11 is 0. The van der Waals surface area contributed by atoms with Crippen LogP contribution in [0.2, 0.25) is 0 Å². The number of amidine groups is 1. The van der Waals surface area contributed by atoms with Crippen molar-refractivity contribution >= 4 is 5.84 Å². The highest BCUT2D eigenvalue weighted by atomic mass is 16.4. The van der Waals surface area contributed by atoms with Gasteiger partial charge in [-0.1, -0.05) is 11.6 Å². The van der Waals surface area contributed by atoms with E-state index in [0.717, 1.165) is 13.1 Å². The molecule has 1 saturated heterocycles. The second-order valence-electron chi connectivity index (χ2n) is 4.55. The minimum atomic E-state index is 0.265. The molecular weight excluding hydrogens is 204 g/mol. The number of piperidine rings is 1. The van der Waals surface area contributed by atoms with Crippen molar-refractivity contribution in [2.24, 2.45) is 10.9 Å². The number of hydrogen-bond donors (Lipinski definition) is 3. The Balaban J connectivity index is 2.05. The molecule has 1 aliphatic rings. The first-order chi connectivity index (χ1) is 7.72. The van der Waals surface area contributed by atoms with Gasteiger partial charge in [-0.2, -0.15) is 0 Å². The minimum absolute atomic E-state index is 0.265. The average molecular weight is 228 g/mol. The zero-order valence-electron chi connectivity index (χ0n) is 10.2. The van der Waals surface area contributed by atoms with Crippen molar-refractivity contribution in [1.29, 1.82) is 0 Å². The van der Waals surface area contributed by atoms with E-state index in [9.17, 15) is 0 Å². The first-order valence-corrected chi connectivity index (χ1v) is 6.14. The molecule has 5 nitrogen and oxygen atoms in total. The maximum absolute atomic E-state index is 8.44. The molecule has 0 aromatic rings. The highest BCUT2D eigenvalue weighted by Gasteiger charge is 2.10.